The third kappa shape index (κ3) is 3.76. The molecule has 0 aliphatic rings. The Hall–Kier alpha value is -3.15. The Kier molecular flexibility index (Phi) is 5.49. The Labute approximate surface area is 164 Å². The minimum atomic E-state index is -0.382. The molecule has 146 valence electrons. The smallest absolute Gasteiger partial charge is 0.312 e. The molecule has 1 aromatic heterocycles. The van der Waals surface area contributed by atoms with Crippen LogP contribution in [0.25, 0.3) is 10.9 Å². The summed E-state index contributed by atoms with van der Waals surface area (Å²) in [4.78, 5) is 32.2. The van der Waals surface area contributed by atoms with Crippen molar-refractivity contribution >= 4 is 22.6 Å². The van der Waals surface area contributed by atoms with Gasteiger partial charge in [-0.2, -0.15) is 0 Å². The zero-order valence-corrected chi connectivity index (χ0v) is 16.9. The first kappa shape index (κ1) is 19.6. The molecule has 0 saturated heterocycles. The molecular formula is C22H26N4O2. The van der Waals surface area contributed by atoms with E-state index < -0.39 is 0 Å². The molecule has 2 aromatic carbocycles. The fourth-order valence-corrected chi connectivity index (χ4v) is 3.50. The van der Waals surface area contributed by atoms with Gasteiger partial charge in [-0.3, -0.25) is 9.36 Å². The minimum absolute atomic E-state index is 0.0804. The number of aryl methyl sites for hydroxylation is 1. The summed E-state index contributed by atoms with van der Waals surface area (Å²) in [6.45, 7) is 7.77. The van der Waals surface area contributed by atoms with Crippen LogP contribution in [0.4, 0.5) is 10.5 Å². The van der Waals surface area contributed by atoms with Gasteiger partial charge in [0.15, 0.2) is 0 Å². The molecular weight excluding hydrogens is 352 g/mol. The fraction of sp³-hybridized carbons (Fsp3) is 0.318. The summed E-state index contributed by atoms with van der Waals surface area (Å²) < 4.78 is 1.53. The van der Waals surface area contributed by atoms with Crippen LogP contribution in [0.1, 0.15) is 38.2 Å². The standard InChI is InChI=1S/C22H26N4O2/c1-14(2)26(22(28)23-17-10-8-9-15(3)13-17)16(4)20-24-19-12-7-6-11-18(19)21(27)25(20)5/h6-14,16H,1-5H3,(H,23,28). The molecule has 0 bridgehead atoms. The Balaban J connectivity index is 1.98. The third-order valence-electron chi connectivity index (χ3n) is 4.87. The molecule has 0 fully saturated rings. The van der Waals surface area contributed by atoms with Gasteiger partial charge in [-0.15, -0.1) is 0 Å². The predicted octanol–water partition coefficient (Wildman–Crippen LogP) is 4.25. The first-order chi connectivity index (χ1) is 13.3. The number of hydrogen-bond acceptors (Lipinski definition) is 3. The van der Waals surface area contributed by atoms with Gasteiger partial charge in [-0.1, -0.05) is 24.3 Å². The van der Waals surface area contributed by atoms with Crippen LogP contribution in [0.15, 0.2) is 53.3 Å². The van der Waals surface area contributed by atoms with E-state index in [1.165, 1.54) is 4.57 Å². The summed E-state index contributed by atoms with van der Waals surface area (Å²) in [7, 11) is 1.70. The van der Waals surface area contributed by atoms with Crippen LogP contribution in [0.2, 0.25) is 0 Å². The lowest BCUT2D eigenvalue weighted by atomic mass is 10.1. The van der Waals surface area contributed by atoms with Crippen molar-refractivity contribution in [2.24, 2.45) is 7.05 Å². The lowest BCUT2D eigenvalue weighted by molar-refractivity contribution is 0.168. The molecule has 2 amide bonds. The highest BCUT2D eigenvalue weighted by atomic mass is 16.2. The SMILES string of the molecule is Cc1cccc(NC(=O)N(C(C)C)C(C)c2nc3ccccc3c(=O)n2C)c1. The Morgan fingerprint density at radius 2 is 1.82 bits per heavy atom. The number of anilines is 1. The van der Waals surface area contributed by atoms with Crippen LogP contribution in [0.3, 0.4) is 0 Å². The molecule has 0 aliphatic heterocycles. The second-order valence-electron chi connectivity index (χ2n) is 7.33. The van der Waals surface area contributed by atoms with Gasteiger partial charge in [0.1, 0.15) is 5.82 Å². The van der Waals surface area contributed by atoms with Crippen molar-refractivity contribution in [2.45, 2.75) is 39.8 Å². The quantitative estimate of drug-likeness (QED) is 0.738. The number of hydrogen-bond donors (Lipinski definition) is 1. The van der Waals surface area contributed by atoms with E-state index in [0.717, 1.165) is 11.3 Å². The average Bonchev–Trinajstić information content (AvgIpc) is 2.64. The lowest BCUT2D eigenvalue weighted by Gasteiger charge is -2.33. The van der Waals surface area contributed by atoms with Crippen LogP contribution in [0.5, 0.6) is 0 Å². The number of fused-ring (bicyclic) bond motifs is 1. The predicted molar refractivity (Wildman–Crippen MR) is 113 cm³/mol. The normalized spacial score (nSPS) is 12.2. The second-order valence-corrected chi connectivity index (χ2v) is 7.33. The summed E-state index contributed by atoms with van der Waals surface area (Å²) in [5, 5.41) is 3.53. The molecule has 1 heterocycles. The number of carbonyl (C=O) groups excluding carboxylic acids is 1. The van der Waals surface area contributed by atoms with Gasteiger partial charge >= 0.3 is 6.03 Å². The number of urea groups is 1. The van der Waals surface area contributed by atoms with E-state index in [4.69, 9.17) is 0 Å². The fourth-order valence-electron chi connectivity index (χ4n) is 3.50. The first-order valence-electron chi connectivity index (χ1n) is 9.41. The molecule has 6 nitrogen and oxygen atoms in total. The van der Waals surface area contributed by atoms with Gasteiger partial charge in [-0.05, 0) is 57.5 Å². The number of amides is 2. The maximum Gasteiger partial charge on any atom is 0.322 e. The van der Waals surface area contributed by atoms with Crippen LogP contribution in [-0.2, 0) is 7.05 Å². The number of nitrogens with one attached hydrogen (secondary N) is 1. The minimum Gasteiger partial charge on any atom is -0.312 e. The summed E-state index contributed by atoms with van der Waals surface area (Å²) in [5.41, 5.74) is 2.33. The molecule has 0 spiro atoms. The number of rotatable bonds is 4. The molecule has 28 heavy (non-hydrogen) atoms. The van der Waals surface area contributed by atoms with Crippen LogP contribution < -0.4 is 10.9 Å². The number of benzene rings is 2. The summed E-state index contributed by atoms with van der Waals surface area (Å²) >= 11 is 0. The number of para-hydroxylation sites is 1. The molecule has 3 aromatic rings. The van der Waals surface area contributed by atoms with Crippen molar-refractivity contribution in [1.82, 2.24) is 14.5 Å². The Bertz CT molecular complexity index is 1070. The van der Waals surface area contributed by atoms with Gasteiger partial charge in [-0.25, -0.2) is 9.78 Å². The van der Waals surface area contributed by atoms with Crippen molar-refractivity contribution in [3.05, 3.63) is 70.3 Å². The van der Waals surface area contributed by atoms with Crippen LogP contribution in [-0.4, -0.2) is 26.5 Å². The number of carbonyl (C=O) groups is 1. The maximum atomic E-state index is 13.0. The van der Waals surface area contributed by atoms with Crippen molar-refractivity contribution in [2.75, 3.05) is 5.32 Å². The Morgan fingerprint density at radius 1 is 1.11 bits per heavy atom. The topological polar surface area (TPSA) is 67.2 Å². The highest BCUT2D eigenvalue weighted by Gasteiger charge is 2.27. The summed E-state index contributed by atoms with van der Waals surface area (Å²) in [6, 6.07) is 14.2. The molecule has 1 N–H and O–H groups in total. The largest absolute Gasteiger partial charge is 0.322 e. The van der Waals surface area contributed by atoms with Gasteiger partial charge < -0.3 is 10.2 Å². The average molecular weight is 378 g/mol. The second kappa shape index (κ2) is 7.84. The molecule has 0 saturated carbocycles. The molecule has 1 unspecified atom stereocenters. The van der Waals surface area contributed by atoms with Crippen molar-refractivity contribution in [3.63, 3.8) is 0 Å². The summed E-state index contributed by atoms with van der Waals surface area (Å²) in [5.74, 6) is 0.553. The van der Waals surface area contributed by atoms with Crippen molar-refractivity contribution in [3.8, 4) is 0 Å². The van der Waals surface area contributed by atoms with E-state index in [1.54, 1.807) is 18.0 Å². The molecule has 6 heteroatoms. The monoisotopic (exact) mass is 378 g/mol. The van der Waals surface area contributed by atoms with E-state index in [-0.39, 0.29) is 23.7 Å². The zero-order chi connectivity index (χ0) is 20.4. The molecule has 1 atom stereocenters. The first-order valence-corrected chi connectivity index (χ1v) is 9.41. The summed E-state index contributed by atoms with van der Waals surface area (Å²) in [6.07, 6.45) is 0. The van der Waals surface area contributed by atoms with Gasteiger partial charge in [0, 0.05) is 18.8 Å². The van der Waals surface area contributed by atoms with Crippen molar-refractivity contribution < 1.29 is 4.79 Å². The van der Waals surface area contributed by atoms with E-state index in [2.05, 4.69) is 10.3 Å². The van der Waals surface area contributed by atoms with Crippen LogP contribution in [0, 0.1) is 6.92 Å². The van der Waals surface area contributed by atoms with Gasteiger partial charge in [0.2, 0.25) is 0 Å². The third-order valence-corrected chi connectivity index (χ3v) is 4.87. The van der Waals surface area contributed by atoms with Crippen molar-refractivity contribution in [1.29, 1.82) is 0 Å². The van der Waals surface area contributed by atoms with Gasteiger partial charge in [0.05, 0.1) is 16.9 Å². The van der Waals surface area contributed by atoms with E-state index >= 15 is 0 Å². The number of aromatic nitrogens is 2. The maximum absolute atomic E-state index is 13.0. The Morgan fingerprint density at radius 3 is 2.50 bits per heavy atom. The lowest BCUT2D eigenvalue weighted by Crippen LogP contribution is -2.43. The number of nitrogens with zero attached hydrogens (tertiary/aromatic N) is 3. The van der Waals surface area contributed by atoms with Gasteiger partial charge in [0.25, 0.3) is 5.56 Å². The zero-order valence-electron chi connectivity index (χ0n) is 16.9. The van der Waals surface area contributed by atoms with E-state index in [9.17, 15) is 9.59 Å². The van der Waals surface area contributed by atoms with E-state index in [1.807, 2.05) is 70.2 Å². The van der Waals surface area contributed by atoms with E-state index in [0.29, 0.717) is 16.7 Å². The highest BCUT2D eigenvalue weighted by Crippen LogP contribution is 2.23. The van der Waals surface area contributed by atoms with Crippen LogP contribution >= 0.6 is 0 Å². The molecule has 3 rings (SSSR count). The molecule has 0 radical (unpaired) electrons. The molecule has 0 aliphatic carbocycles. The highest BCUT2D eigenvalue weighted by molar-refractivity contribution is 5.90.